The molecule has 1 aliphatic rings. The first-order chi connectivity index (χ1) is 9.13. The summed E-state index contributed by atoms with van der Waals surface area (Å²) in [5, 5.41) is 2.98. The number of sulfonamides is 1. The fraction of sp³-hybridized carbons (Fsp3) is 0.538. The van der Waals surface area contributed by atoms with E-state index in [-0.39, 0.29) is 0 Å². The van der Waals surface area contributed by atoms with Gasteiger partial charge in [0, 0.05) is 6.54 Å². The number of ether oxygens (including phenoxy) is 1. The molecule has 0 bridgehead atoms. The zero-order chi connectivity index (χ0) is 13.7. The lowest BCUT2D eigenvalue weighted by Gasteiger charge is -2.18. The molecule has 1 heterocycles. The fourth-order valence-electron chi connectivity index (χ4n) is 2.06. The van der Waals surface area contributed by atoms with E-state index in [0.29, 0.717) is 18.0 Å². The number of aryl methyl sites for hydroxylation is 1. The average Bonchev–Trinajstić information content (AvgIpc) is 2.43. The predicted molar refractivity (Wildman–Crippen MR) is 74.0 cm³/mol. The number of hydrogen-bond donors (Lipinski definition) is 2. The Balaban J connectivity index is 2.07. The van der Waals surface area contributed by atoms with Gasteiger partial charge in [0.1, 0.15) is 5.75 Å². The zero-order valence-electron chi connectivity index (χ0n) is 11.1. The molecule has 0 atom stereocenters. The van der Waals surface area contributed by atoms with Crippen LogP contribution in [0.5, 0.6) is 5.75 Å². The maximum atomic E-state index is 12.1. The summed E-state index contributed by atoms with van der Waals surface area (Å²) in [6.45, 7) is 1.94. The molecule has 1 aromatic carbocycles. The van der Waals surface area contributed by atoms with Crippen molar-refractivity contribution in [3.63, 3.8) is 0 Å². The van der Waals surface area contributed by atoms with Crippen molar-refractivity contribution in [3.05, 3.63) is 23.8 Å². The van der Waals surface area contributed by atoms with E-state index in [2.05, 4.69) is 10.0 Å². The van der Waals surface area contributed by atoms with Crippen LogP contribution in [0, 0.1) is 0 Å². The topological polar surface area (TPSA) is 67.4 Å². The summed E-state index contributed by atoms with van der Waals surface area (Å²) in [6, 6.07) is 5.07. The first kappa shape index (κ1) is 14.3. The standard InChI is InChI=1S/C13H20N2O3S/c1-14-7-3-8-15-19(16,17)12-5-6-13-11(10-12)4-2-9-18-13/h5-6,10,14-15H,2-4,7-9H2,1H3. The van der Waals surface area contributed by atoms with Gasteiger partial charge in [-0.25, -0.2) is 13.1 Å². The van der Waals surface area contributed by atoms with E-state index < -0.39 is 10.0 Å². The highest BCUT2D eigenvalue weighted by molar-refractivity contribution is 7.89. The van der Waals surface area contributed by atoms with Crippen molar-refractivity contribution in [1.82, 2.24) is 10.0 Å². The molecule has 0 aliphatic carbocycles. The second kappa shape index (κ2) is 6.36. The normalized spacial score (nSPS) is 14.8. The molecule has 2 rings (SSSR count). The Morgan fingerprint density at radius 2 is 2.16 bits per heavy atom. The van der Waals surface area contributed by atoms with E-state index in [1.807, 2.05) is 7.05 Å². The fourth-order valence-corrected chi connectivity index (χ4v) is 3.18. The van der Waals surface area contributed by atoms with Crippen molar-refractivity contribution in [1.29, 1.82) is 0 Å². The molecule has 5 nitrogen and oxygen atoms in total. The van der Waals surface area contributed by atoms with Crippen molar-refractivity contribution < 1.29 is 13.2 Å². The monoisotopic (exact) mass is 284 g/mol. The second-order valence-electron chi connectivity index (χ2n) is 4.58. The Kier molecular flexibility index (Phi) is 4.79. The van der Waals surface area contributed by atoms with Gasteiger partial charge in [-0.2, -0.15) is 0 Å². The second-order valence-corrected chi connectivity index (χ2v) is 6.34. The molecule has 0 fully saturated rings. The number of nitrogens with one attached hydrogen (secondary N) is 2. The quantitative estimate of drug-likeness (QED) is 0.762. The highest BCUT2D eigenvalue weighted by Gasteiger charge is 2.17. The van der Waals surface area contributed by atoms with Crippen molar-refractivity contribution in [2.45, 2.75) is 24.2 Å². The van der Waals surface area contributed by atoms with Gasteiger partial charge in [-0.05, 0) is 56.6 Å². The summed E-state index contributed by atoms with van der Waals surface area (Å²) in [4.78, 5) is 0.321. The SMILES string of the molecule is CNCCCNS(=O)(=O)c1ccc2c(c1)CCCO2. The van der Waals surface area contributed by atoms with Crippen LogP contribution in [0.25, 0.3) is 0 Å². The molecule has 0 aromatic heterocycles. The summed E-state index contributed by atoms with van der Waals surface area (Å²) >= 11 is 0. The van der Waals surface area contributed by atoms with Crippen LogP contribution in [0.3, 0.4) is 0 Å². The van der Waals surface area contributed by atoms with E-state index >= 15 is 0 Å². The third kappa shape index (κ3) is 3.68. The summed E-state index contributed by atoms with van der Waals surface area (Å²) in [5.41, 5.74) is 0.976. The Morgan fingerprint density at radius 3 is 2.95 bits per heavy atom. The molecule has 0 radical (unpaired) electrons. The van der Waals surface area contributed by atoms with Gasteiger partial charge in [0.25, 0.3) is 0 Å². The minimum atomic E-state index is -3.41. The molecular weight excluding hydrogens is 264 g/mol. The van der Waals surface area contributed by atoms with Crippen molar-refractivity contribution in [2.24, 2.45) is 0 Å². The Bertz CT molecular complexity index is 529. The largest absolute Gasteiger partial charge is 0.493 e. The Hall–Kier alpha value is -1.11. The molecule has 19 heavy (non-hydrogen) atoms. The molecule has 2 N–H and O–H groups in total. The molecule has 0 unspecified atom stereocenters. The van der Waals surface area contributed by atoms with Gasteiger partial charge in [-0.1, -0.05) is 0 Å². The van der Waals surface area contributed by atoms with Crippen LogP contribution in [0.15, 0.2) is 23.1 Å². The van der Waals surface area contributed by atoms with Crippen LogP contribution in [-0.4, -0.2) is 35.2 Å². The maximum absolute atomic E-state index is 12.1. The molecule has 0 spiro atoms. The molecule has 6 heteroatoms. The predicted octanol–water partition coefficient (Wildman–Crippen LogP) is 0.899. The van der Waals surface area contributed by atoms with Crippen LogP contribution in [0.1, 0.15) is 18.4 Å². The molecule has 106 valence electrons. The molecule has 0 amide bonds. The lowest BCUT2D eigenvalue weighted by molar-refractivity contribution is 0.288. The third-order valence-corrected chi connectivity index (χ3v) is 4.54. The van der Waals surface area contributed by atoms with Crippen LogP contribution in [0.4, 0.5) is 0 Å². The molecule has 0 saturated heterocycles. The summed E-state index contributed by atoms with van der Waals surface area (Å²) < 4.78 is 32.3. The highest BCUT2D eigenvalue weighted by atomic mass is 32.2. The van der Waals surface area contributed by atoms with Gasteiger partial charge >= 0.3 is 0 Å². The number of fused-ring (bicyclic) bond motifs is 1. The molecule has 1 aromatic rings. The van der Waals surface area contributed by atoms with Gasteiger partial charge in [0.2, 0.25) is 10.0 Å². The van der Waals surface area contributed by atoms with Crippen LogP contribution in [-0.2, 0) is 16.4 Å². The number of hydrogen-bond acceptors (Lipinski definition) is 4. The summed E-state index contributed by atoms with van der Waals surface area (Å²) in [6.07, 6.45) is 2.58. The lowest BCUT2D eigenvalue weighted by atomic mass is 10.1. The van der Waals surface area contributed by atoms with Crippen LogP contribution in [0.2, 0.25) is 0 Å². The smallest absolute Gasteiger partial charge is 0.240 e. The average molecular weight is 284 g/mol. The Labute approximate surface area is 114 Å². The summed E-state index contributed by atoms with van der Waals surface area (Å²) in [5.74, 6) is 0.806. The number of benzene rings is 1. The van der Waals surface area contributed by atoms with Crippen molar-refractivity contribution >= 4 is 10.0 Å². The summed E-state index contributed by atoms with van der Waals surface area (Å²) in [7, 11) is -1.56. The van der Waals surface area contributed by atoms with Crippen molar-refractivity contribution in [2.75, 3.05) is 26.7 Å². The van der Waals surface area contributed by atoms with Gasteiger partial charge in [-0.15, -0.1) is 0 Å². The van der Waals surface area contributed by atoms with Crippen LogP contribution < -0.4 is 14.8 Å². The van der Waals surface area contributed by atoms with Gasteiger partial charge in [-0.3, -0.25) is 0 Å². The van der Waals surface area contributed by atoms with Gasteiger partial charge in [0.15, 0.2) is 0 Å². The zero-order valence-corrected chi connectivity index (χ0v) is 11.9. The molecule has 1 aliphatic heterocycles. The van der Waals surface area contributed by atoms with E-state index in [4.69, 9.17) is 4.74 Å². The minimum absolute atomic E-state index is 0.321. The van der Waals surface area contributed by atoms with Gasteiger partial charge in [0.05, 0.1) is 11.5 Å². The lowest BCUT2D eigenvalue weighted by Crippen LogP contribution is -2.27. The van der Waals surface area contributed by atoms with E-state index in [0.717, 1.165) is 37.1 Å². The maximum Gasteiger partial charge on any atom is 0.240 e. The minimum Gasteiger partial charge on any atom is -0.493 e. The first-order valence-corrected chi connectivity index (χ1v) is 8.02. The van der Waals surface area contributed by atoms with E-state index in [9.17, 15) is 8.42 Å². The molecular formula is C13H20N2O3S. The Morgan fingerprint density at radius 1 is 1.32 bits per heavy atom. The van der Waals surface area contributed by atoms with Crippen molar-refractivity contribution in [3.8, 4) is 5.75 Å². The van der Waals surface area contributed by atoms with Crippen LogP contribution >= 0.6 is 0 Å². The highest BCUT2D eigenvalue weighted by Crippen LogP contribution is 2.27. The van der Waals surface area contributed by atoms with Gasteiger partial charge < -0.3 is 10.1 Å². The van der Waals surface area contributed by atoms with E-state index in [1.54, 1.807) is 18.2 Å². The first-order valence-electron chi connectivity index (χ1n) is 6.53. The third-order valence-electron chi connectivity index (χ3n) is 3.09. The number of rotatable bonds is 6. The molecule has 0 saturated carbocycles. The van der Waals surface area contributed by atoms with E-state index in [1.165, 1.54) is 0 Å².